The average molecular weight is 475 g/mol. The Balaban J connectivity index is 1.45. The van der Waals surface area contributed by atoms with Crippen LogP contribution in [-0.4, -0.2) is 63.3 Å². The number of rotatable bonds is 5. The molecule has 0 unspecified atom stereocenters. The molecule has 8 nitrogen and oxygen atoms in total. The molecule has 168 valence electrons. The summed E-state index contributed by atoms with van der Waals surface area (Å²) >= 11 is 12.6. The van der Waals surface area contributed by atoms with Gasteiger partial charge in [-0.2, -0.15) is 5.10 Å². The predicted octanol–water partition coefficient (Wildman–Crippen LogP) is 3.70. The number of methoxy groups -OCH3 is 1. The summed E-state index contributed by atoms with van der Waals surface area (Å²) < 4.78 is 6.98. The van der Waals surface area contributed by atoms with E-state index >= 15 is 0 Å². The van der Waals surface area contributed by atoms with E-state index < -0.39 is 0 Å². The van der Waals surface area contributed by atoms with Gasteiger partial charge in [0.25, 0.3) is 0 Å². The van der Waals surface area contributed by atoms with Crippen molar-refractivity contribution in [3.8, 4) is 17.0 Å². The quantitative estimate of drug-likeness (QED) is 0.560. The second-order valence-electron chi connectivity index (χ2n) is 7.73. The number of benzene rings is 1. The van der Waals surface area contributed by atoms with Crippen molar-refractivity contribution >= 4 is 34.8 Å². The molecule has 0 saturated carbocycles. The van der Waals surface area contributed by atoms with Gasteiger partial charge in [-0.1, -0.05) is 23.2 Å². The van der Waals surface area contributed by atoms with Crippen molar-refractivity contribution in [2.24, 2.45) is 0 Å². The number of aromatic nitrogens is 4. The molecule has 0 aliphatic carbocycles. The maximum Gasteiger partial charge on any atom is 0.244 e. The minimum Gasteiger partial charge on any atom is -0.495 e. The highest BCUT2D eigenvalue weighted by Gasteiger charge is 2.29. The Bertz CT molecular complexity index is 1120. The average Bonchev–Trinajstić information content (AvgIpc) is 3.08. The van der Waals surface area contributed by atoms with Crippen molar-refractivity contribution < 1.29 is 9.53 Å². The monoisotopic (exact) mass is 474 g/mol. The van der Waals surface area contributed by atoms with Gasteiger partial charge < -0.3 is 14.5 Å². The fourth-order valence-electron chi connectivity index (χ4n) is 3.91. The van der Waals surface area contributed by atoms with E-state index in [1.807, 2.05) is 36.9 Å². The molecule has 0 spiro atoms. The first-order valence-corrected chi connectivity index (χ1v) is 11.0. The molecule has 32 heavy (non-hydrogen) atoms. The van der Waals surface area contributed by atoms with Crippen LogP contribution in [0.25, 0.3) is 11.3 Å². The molecular formula is C22H24Cl2N6O2. The lowest BCUT2D eigenvalue weighted by atomic mass is 10.1. The molecule has 1 saturated heterocycles. The fourth-order valence-corrected chi connectivity index (χ4v) is 4.35. The number of anilines is 1. The summed E-state index contributed by atoms with van der Waals surface area (Å²) in [5, 5.41) is 5.63. The first-order chi connectivity index (χ1) is 15.4. The van der Waals surface area contributed by atoms with Crippen molar-refractivity contribution in [3.05, 3.63) is 52.7 Å². The third kappa shape index (κ3) is 4.38. The Morgan fingerprint density at radius 1 is 1.22 bits per heavy atom. The molecule has 4 rings (SSSR count). The minimum absolute atomic E-state index is 0.00367. The number of halogens is 2. The Hall–Kier alpha value is -2.84. The highest BCUT2D eigenvalue weighted by atomic mass is 35.5. The van der Waals surface area contributed by atoms with E-state index in [4.69, 9.17) is 27.9 Å². The van der Waals surface area contributed by atoms with Gasteiger partial charge in [-0.15, -0.1) is 0 Å². The normalized spacial score (nSPS) is 16.3. The van der Waals surface area contributed by atoms with Crippen LogP contribution < -0.4 is 9.64 Å². The van der Waals surface area contributed by atoms with Crippen molar-refractivity contribution in [2.45, 2.75) is 26.4 Å². The Labute approximate surface area is 196 Å². The first-order valence-electron chi connectivity index (χ1n) is 10.2. The lowest BCUT2D eigenvalue weighted by molar-refractivity contribution is -0.134. The lowest BCUT2D eigenvalue weighted by Gasteiger charge is -2.41. The first kappa shape index (κ1) is 22.4. The summed E-state index contributed by atoms with van der Waals surface area (Å²) in [5.41, 5.74) is 3.05. The summed E-state index contributed by atoms with van der Waals surface area (Å²) in [6.07, 6.45) is 4.76. The third-order valence-electron chi connectivity index (χ3n) is 5.70. The Kier molecular flexibility index (Phi) is 6.53. The molecule has 2 aromatic heterocycles. The van der Waals surface area contributed by atoms with Gasteiger partial charge in [-0.25, -0.2) is 9.97 Å². The van der Waals surface area contributed by atoms with Crippen LogP contribution in [-0.2, 0) is 11.3 Å². The number of piperazine rings is 1. The predicted molar refractivity (Wildman–Crippen MR) is 124 cm³/mol. The number of ether oxygens (including phenoxy) is 1. The van der Waals surface area contributed by atoms with Gasteiger partial charge in [-0.05, 0) is 26.0 Å². The fraction of sp³-hybridized carbons (Fsp3) is 0.364. The molecule has 1 aliphatic rings. The molecule has 1 aromatic carbocycles. The van der Waals surface area contributed by atoms with E-state index in [-0.39, 0.29) is 18.5 Å². The van der Waals surface area contributed by atoms with Crippen LogP contribution >= 0.6 is 23.2 Å². The number of carbonyl (C=O) groups excluding carboxylic acids is 1. The number of nitrogens with zero attached hydrogens (tertiary/aromatic N) is 6. The maximum atomic E-state index is 13.1. The molecule has 1 aliphatic heterocycles. The van der Waals surface area contributed by atoms with Gasteiger partial charge in [0.15, 0.2) is 0 Å². The zero-order chi connectivity index (χ0) is 22.8. The molecule has 0 bridgehead atoms. The smallest absolute Gasteiger partial charge is 0.244 e. The largest absolute Gasteiger partial charge is 0.495 e. The van der Waals surface area contributed by atoms with Gasteiger partial charge in [0.05, 0.1) is 22.8 Å². The summed E-state index contributed by atoms with van der Waals surface area (Å²) in [6.45, 7) is 6.06. The molecule has 3 heterocycles. The zero-order valence-corrected chi connectivity index (χ0v) is 19.6. The van der Waals surface area contributed by atoms with Crippen LogP contribution in [0.4, 0.5) is 5.69 Å². The lowest BCUT2D eigenvalue weighted by Crippen LogP contribution is -2.54. The minimum atomic E-state index is 0.00367. The second kappa shape index (κ2) is 9.34. The maximum absolute atomic E-state index is 13.1. The summed E-state index contributed by atoms with van der Waals surface area (Å²) in [6, 6.07) is 5.76. The van der Waals surface area contributed by atoms with E-state index in [2.05, 4.69) is 20.0 Å². The molecule has 1 atom stereocenters. The highest BCUT2D eigenvalue weighted by Crippen LogP contribution is 2.31. The van der Waals surface area contributed by atoms with E-state index in [1.165, 1.54) is 6.33 Å². The van der Waals surface area contributed by atoms with Crippen LogP contribution in [0.15, 0.2) is 36.9 Å². The van der Waals surface area contributed by atoms with Gasteiger partial charge in [-0.3, -0.25) is 9.48 Å². The molecule has 0 N–H and O–H groups in total. The standard InChI is InChI=1S/C22H24Cl2N6O2/c1-14-11-28(17-4-5-18(23)19(8-17)32-3)6-7-29(14)20(31)12-30-15(2)21(24)22(27-30)16-9-25-13-26-10-16/h4-5,8-10,13-14H,6-7,11-12H2,1-3H3/t14-/m0/s1. The van der Waals surface area contributed by atoms with Crippen molar-refractivity contribution in [1.82, 2.24) is 24.6 Å². The van der Waals surface area contributed by atoms with Crippen LogP contribution in [0.2, 0.25) is 10.0 Å². The number of hydrogen-bond acceptors (Lipinski definition) is 6. The number of carbonyl (C=O) groups is 1. The second-order valence-corrected chi connectivity index (χ2v) is 8.52. The summed E-state index contributed by atoms with van der Waals surface area (Å²) in [7, 11) is 1.60. The summed E-state index contributed by atoms with van der Waals surface area (Å²) in [5.74, 6) is 0.643. The van der Waals surface area contributed by atoms with Crippen LogP contribution in [0.1, 0.15) is 12.6 Å². The molecule has 0 radical (unpaired) electrons. The van der Waals surface area contributed by atoms with Crippen LogP contribution in [0.3, 0.4) is 0 Å². The van der Waals surface area contributed by atoms with Crippen molar-refractivity contribution in [3.63, 3.8) is 0 Å². The molecular weight excluding hydrogens is 451 g/mol. The molecule has 10 heteroatoms. The van der Waals surface area contributed by atoms with E-state index in [1.54, 1.807) is 24.2 Å². The number of hydrogen-bond donors (Lipinski definition) is 0. The van der Waals surface area contributed by atoms with E-state index in [0.717, 1.165) is 11.4 Å². The Morgan fingerprint density at radius 2 is 1.97 bits per heavy atom. The molecule has 1 amide bonds. The Morgan fingerprint density at radius 3 is 2.66 bits per heavy atom. The SMILES string of the molecule is COc1cc(N2CCN(C(=O)Cn3nc(-c4cncnc4)c(Cl)c3C)[C@@H](C)C2)ccc1Cl. The summed E-state index contributed by atoms with van der Waals surface area (Å²) in [4.78, 5) is 25.3. The van der Waals surface area contributed by atoms with Crippen molar-refractivity contribution in [2.75, 3.05) is 31.6 Å². The zero-order valence-electron chi connectivity index (χ0n) is 18.1. The topological polar surface area (TPSA) is 76.4 Å². The molecule has 3 aromatic rings. The van der Waals surface area contributed by atoms with E-state index in [9.17, 15) is 4.79 Å². The molecule has 1 fully saturated rings. The van der Waals surface area contributed by atoms with Gasteiger partial charge >= 0.3 is 0 Å². The van der Waals surface area contributed by atoms with Crippen LogP contribution in [0.5, 0.6) is 5.75 Å². The van der Waals surface area contributed by atoms with Gasteiger partial charge in [0.1, 0.15) is 24.3 Å². The van der Waals surface area contributed by atoms with E-state index in [0.29, 0.717) is 46.7 Å². The van der Waals surface area contributed by atoms with Crippen molar-refractivity contribution in [1.29, 1.82) is 0 Å². The van der Waals surface area contributed by atoms with Crippen LogP contribution in [0, 0.1) is 6.92 Å². The number of amides is 1. The highest BCUT2D eigenvalue weighted by molar-refractivity contribution is 6.33. The third-order valence-corrected chi connectivity index (χ3v) is 6.46. The van der Waals surface area contributed by atoms with Gasteiger partial charge in [0.2, 0.25) is 5.91 Å². The van der Waals surface area contributed by atoms with Gasteiger partial charge in [0, 0.05) is 55.4 Å².